The highest BCUT2D eigenvalue weighted by Crippen LogP contribution is 2.33. The number of hydrogen-bond acceptors (Lipinski definition) is 6. The van der Waals surface area contributed by atoms with Crippen LogP contribution in [0.1, 0.15) is 28.8 Å². The van der Waals surface area contributed by atoms with Gasteiger partial charge in [-0.25, -0.2) is 9.37 Å². The topological polar surface area (TPSA) is 59.4 Å². The molecule has 1 aliphatic heterocycles. The number of morpholine rings is 1. The fourth-order valence-electron chi connectivity index (χ4n) is 4.87. The maximum atomic E-state index is 13.2. The average Bonchev–Trinajstić information content (AvgIpc) is 3.22. The van der Waals surface area contributed by atoms with Gasteiger partial charge in [0.2, 0.25) is 0 Å². The van der Waals surface area contributed by atoms with Crippen molar-refractivity contribution in [2.24, 2.45) is 0 Å². The molecule has 1 N–H and O–H groups in total. The van der Waals surface area contributed by atoms with Gasteiger partial charge in [0.15, 0.2) is 0 Å². The number of ether oxygens (including phenoxy) is 1. The number of fused-ring (bicyclic) bond motifs is 3. The minimum Gasteiger partial charge on any atom is -0.379 e. The lowest BCUT2D eigenvalue weighted by Crippen LogP contribution is -2.39. The molecule has 1 fully saturated rings. The molecule has 8 heteroatoms. The van der Waals surface area contributed by atoms with Crippen LogP contribution in [0.5, 0.6) is 0 Å². The Morgan fingerprint density at radius 3 is 2.82 bits per heavy atom. The molecule has 2 aromatic heterocycles. The summed E-state index contributed by atoms with van der Waals surface area (Å²) in [6.07, 6.45) is 6.45. The summed E-state index contributed by atoms with van der Waals surface area (Å²) in [6, 6.07) is 6.93. The van der Waals surface area contributed by atoms with E-state index in [1.165, 1.54) is 22.6 Å². The Kier molecular flexibility index (Phi) is 7.16. The Balaban J connectivity index is 1.20. The number of nitrogens with zero attached hydrogens (tertiary/aromatic N) is 3. The number of halogens is 1. The van der Waals surface area contributed by atoms with Gasteiger partial charge in [0.1, 0.15) is 10.6 Å². The highest BCUT2D eigenvalue weighted by Gasteiger charge is 2.25. The number of hydrogen-bond donors (Lipinski definition) is 1. The molecule has 1 aliphatic carbocycles. The van der Waals surface area contributed by atoms with Crippen molar-refractivity contribution in [1.29, 1.82) is 0 Å². The molecule has 0 spiro atoms. The lowest BCUT2D eigenvalue weighted by molar-refractivity contribution is 0.0373. The van der Waals surface area contributed by atoms with Gasteiger partial charge in [0.25, 0.3) is 5.56 Å². The number of thiophene rings is 1. The predicted molar refractivity (Wildman–Crippen MR) is 130 cm³/mol. The van der Waals surface area contributed by atoms with E-state index in [9.17, 15) is 9.18 Å². The van der Waals surface area contributed by atoms with Crippen LogP contribution in [0, 0.1) is 5.82 Å². The normalized spacial score (nSPS) is 19.1. The van der Waals surface area contributed by atoms with E-state index < -0.39 is 0 Å². The molecule has 2 aliphatic rings. The summed E-state index contributed by atoms with van der Waals surface area (Å²) in [5.74, 6) is -0.242. The standard InChI is InChI=1S/C25H31FN4O2S/c26-19-4-2-18(3-5-19)8-11-30-17-28-24-23(25(30)31)21-7-6-20(16-22(21)33-24)27-9-1-10-29-12-14-32-15-13-29/h2-5,17,20,27H,1,6-16H2. The maximum Gasteiger partial charge on any atom is 0.262 e. The zero-order valence-electron chi connectivity index (χ0n) is 18.9. The van der Waals surface area contributed by atoms with Crippen LogP contribution in [0.4, 0.5) is 4.39 Å². The van der Waals surface area contributed by atoms with E-state index in [0.717, 1.165) is 80.9 Å². The molecule has 3 heterocycles. The van der Waals surface area contributed by atoms with Crippen molar-refractivity contribution in [2.75, 3.05) is 39.4 Å². The predicted octanol–water partition coefficient (Wildman–Crippen LogP) is 3.01. The number of nitrogens with one attached hydrogen (secondary N) is 1. The van der Waals surface area contributed by atoms with E-state index in [-0.39, 0.29) is 11.4 Å². The first-order valence-corrected chi connectivity index (χ1v) is 12.8. The molecule has 0 radical (unpaired) electrons. The third-order valence-electron chi connectivity index (χ3n) is 6.78. The summed E-state index contributed by atoms with van der Waals surface area (Å²) in [4.78, 5) is 22.5. The van der Waals surface area contributed by atoms with Crippen LogP contribution in [0.3, 0.4) is 0 Å². The summed E-state index contributed by atoms with van der Waals surface area (Å²) in [7, 11) is 0. The van der Waals surface area contributed by atoms with Gasteiger partial charge in [-0.15, -0.1) is 11.3 Å². The zero-order valence-corrected chi connectivity index (χ0v) is 19.7. The molecular formula is C25H31FN4O2S. The van der Waals surface area contributed by atoms with E-state index in [2.05, 4.69) is 15.2 Å². The molecule has 0 amide bonds. The third-order valence-corrected chi connectivity index (χ3v) is 7.94. The highest BCUT2D eigenvalue weighted by atomic mass is 32.1. The van der Waals surface area contributed by atoms with Crippen LogP contribution in [0.15, 0.2) is 35.4 Å². The summed E-state index contributed by atoms with van der Waals surface area (Å²) in [5, 5.41) is 4.54. The number of aromatic nitrogens is 2. The zero-order chi connectivity index (χ0) is 22.6. The number of rotatable bonds is 8. The molecule has 176 valence electrons. The number of aryl methyl sites for hydroxylation is 3. The molecule has 1 atom stereocenters. The van der Waals surface area contributed by atoms with Crippen molar-refractivity contribution in [3.63, 3.8) is 0 Å². The average molecular weight is 471 g/mol. The van der Waals surface area contributed by atoms with Gasteiger partial charge in [0, 0.05) is 30.6 Å². The first-order valence-electron chi connectivity index (χ1n) is 11.9. The Morgan fingerprint density at radius 2 is 2.00 bits per heavy atom. The molecule has 33 heavy (non-hydrogen) atoms. The van der Waals surface area contributed by atoms with Gasteiger partial charge >= 0.3 is 0 Å². The van der Waals surface area contributed by atoms with Crippen LogP contribution in [-0.4, -0.2) is 59.9 Å². The molecule has 5 rings (SSSR count). The summed E-state index contributed by atoms with van der Waals surface area (Å²) in [5.41, 5.74) is 2.27. The van der Waals surface area contributed by atoms with Crippen molar-refractivity contribution < 1.29 is 9.13 Å². The Bertz CT molecular complexity index is 1140. The molecule has 1 unspecified atom stereocenters. The molecule has 1 aromatic carbocycles. The van der Waals surface area contributed by atoms with Crippen LogP contribution in [-0.2, 0) is 30.5 Å². The fraction of sp³-hybridized carbons (Fsp3) is 0.520. The Morgan fingerprint density at radius 1 is 1.18 bits per heavy atom. The van der Waals surface area contributed by atoms with Crippen LogP contribution >= 0.6 is 11.3 Å². The highest BCUT2D eigenvalue weighted by molar-refractivity contribution is 7.18. The van der Waals surface area contributed by atoms with E-state index in [4.69, 9.17) is 4.74 Å². The van der Waals surface area contributed by atoms with Crippen molar-refractivity contribution in [1.82, 2.24) is 19.8 Å². The van der Waals surface area contributed by atoms with Crippen LogP contribution < -0.4 is 10.9 Å². The van der Waals surface area contributed by atoms with Gasteiger partial charge in [-0.1, -0.05) is 12.1 Å². The molecular weight excluding hydrogens is 439 g/mol. The second-order valence-electron chi connectivity index (χ2n) is 9.00. The minimum absolute atomic E-state index is 0.0523. The minimum atomic E-state index is -0.242. The summed E-state index contributed by atoms with van der Waals surface area (Å²) < 4.78 is 20.2. The second kappa shape index (κ2) is 10.4. The summed E-state index contributed by atoms with van der Waals surface area (Å²) in [6.45, 7) is 6.49. The summed E-state index contributed by atoms with van der Waals surface area (Å²) >= 11 is 1.68. The largest absolute Gasteiger partial charge is 0.379 e. The van der Waals surface area contributed by atoms with Gasteiger partial charge in [-0.05, 0) is 68.5 Å². The van der Waals surface area contributed by atoms with Crippen molar-refractivity contribution in [3.8, 4) is 0 Å². The molecule has 3 aromatic rings. The third kappa shape index (κ3) is 5.35. The molecule has 1 saturated heterocycles. The number of benzene rings is 1. The molecule has 0 saturated carbocycles. The fourth-order valence-corrected chi connectivity index (χ4v) is 6.13. The second-order valence-corrected chi connectivity index (χ2v) is 10.1. The van der Waals surface area contributed by atoms with Crippen LogP contribution in [0.2, 0.25) is 0 Å². The maximum absolute atomic E-state index is 13.2. The lowest BCUT2D eigenvalue weighted by atomic mass is 9.93. The Hall–Kier alpha value is -2.13. The lowest BCUT2D eigenvalue weighted by Gasteiger charge is -2.27. The van der Waals surface area contributed by atoms with E-state index >= 15 is 0 Å². The monoisotopic (exact) mass is 470 g/mol. The SMILES string of the molecule is O=c1c2c3c(sc2ncn1CCc1ccc(F)cc1)CC(NCCCN1CCOCC1)CC3. The van der Waals surface area contributed by atoms with E-state index in [0.29, 0.717) is 19.0 Å². The van der Waals surface area contributed by atoms with Crippen molar-refractivity contribution in [3.05, 3.63) is 62.8 Å². The van der Waals surface area contributed by atoms with Crippen molar-refractivity contribution >= 4 is 21.6 Å². The van der Waals surface area contributed by atoms with Crippen molar-refractivity contribution in [2.45, 2.75) is 44.7 Å². The molecule has 0 bridgehead atoms. The van der Waals surface area contributed by atoms with Gasteiger partial charge in [-0.3, -0.25) is 14.3 Å². The van der Waals surface area contributed by atoms with E-state index in [1.807, 2.05) is 0 Å². The first-order chi connectivity index (χ1) is 16.2. The van der Waals surface area contributed by atoms with Crippen LogP contribution in [0.25, 0.3) is 10.2 Å². The van der Waals surface area contributed by atoms with E-state index in [1.54, 1.807) is 34.4 Å². The molecule has 6 nitrogen and oxygen atoms in total. The van der Waals surface area contributed by atoms with Gasteiger partial charge < -0.3 is 10.1 Å². The smallest absolute Gasteiger partial charge is 0.262 e. The van der Waals surface area contributed by atoms with Gasteiger partial charge in [0.05, 0.1) is 24.9 Å². The first kappa shape index (κ1) is 22.7. The Labute approximate surface area is 197 Å². The quantitative estimate of drug-likeness (QED) is 0.513. The van der Waals surface area contributed by atoms with Gasteiger partial charge in [-0.2, -0.15) is 0 Å².